The van der Waals surface area contributed by atoms with Gasteiger partial charge in [-0.05, 0) is 13.8 Å². The number of rotatable bonds is 4. The van der Waals surface area contributed by atoms with Crippen LogP contribution in [0.2, 0.25) is 0 Å². The third-order valence-electron chi connectivity index (χ3n) is 2.59. The molecule has 0 radical (unpaired) electrons. The van der Waals surface area contributed by atoms with Gasteiger partial charge in [-0.15, -0.1) is 0 Å². The van der Waals surface area contributed by atoms with E-state index in [0.717, 1.165) is 0 Å². The number of aromatic nitrogens is 2. The Morgan fingerprint density at radius 1 is 1.35 bits per heavy atom. The number of carbonyl (C=O) groups excluding carboxylic acids is 1. The quantitative estimate of drug-likeness (QED) is 0.756. The standard InChI is InChI=1S/C10H14N4O3/c1-10(2,9(16)17)14(3)8-6(7(11)15)12-4-5-13-8/h4-5H,1-3H3,(H2,11,15)(H,16,17). The Kier molecular flexibility index (Phi) is 3.31. The Balaban J connectivity index is 3.26. The van der Waals surface area contributed by atoms with Crippen LogP contribution in [0.15, 0.2) is 12.4 Å². The first-order valence-corrected chi connectivity index (χ1v) is 4.86. The summed E-state index contributed by atoms with van der Waals surface area (Å²) in [5.74, 6) is -1.64. The van der Waals surface area contributed by atoms with E-state index in [0.29, 0.717) is 0 Å². The number of amides is 1. The molecule has 3 N–H and O–H groups in total. The summed E-state index contributed by atoms with van der Waals surface area (Å²) in [6.07, 6.45) is 2.70. The molecule has 0 aliphatic carbocycles. The van der Waals surface area contributed by atoms with Crippen molar-refractivity contribution >= 4 is 17.7 Å². The number of likely N-dealkylation sites (N-methyl/N-ethyl adjacent to an activating group) is 1. The van der Waals surface area contributed by atoms with Gasteiger partial charge in [-0.1, -0.05) is 0 Å². The monoisotopic (exact) mass is 238 g/mol. The number of hydrogen-bond donors (Lipinski definition) is 2. The number of nitrogens with two attached hydrogens (primary N) is 1. The molecule has 1 aromatic heterocycles. The smallest absolute Gasteiger partial charge is 0.328 e. The average molecular weight is 238 g/mol. The lowest BCUT2D eigenvalue weighted by molar-refractivity contribution is -0.142. The predicted molar refractivity (Wildman–Crippen MR) is 60.7 cm³/mol. The van der Waals surface area contributed by atoms with Crippen LogP contribution in [0.5, 0.6) is 0 Å². The number of nitrogens with zero attached hydrogens (tertiary/aromatic N) is 3. The van der Waals surface area contributed by atoms with Crippen LogP contribution in [0.4, 0.5) is 5.82 Å². The molecule has 0 bridgehead atoms. The van der Waals surface area contributed by atoms with E-state index in [9.17, 15) is 9.59 Å². The third-order valence-corrected chi connectivity index (χ3v) is 2.59. The highest BCUT2D eigenvalue weighted by Gasteiger charge is 2.34. The molecule has 0 aliphatic rings. The fourth-order valence-corrected chi connectivity index (χ4v) is 1.16. The fourth-order valence-electron chi connectivity index (χ4n) is 1.16. The molecule has 17 heavy (non-hydrogen) atoms. The summed E-state index contributed by atoms with van der Waals surface area (Å²) in [5, 5.41) is 9.10. The van der Waals surface area contributed by atoms with Gasteiger partial charge in [0.15, 0.2) is 11.5 Å². The van der Waals surface area contributed by atoms with Crippen LogP contribution < -0.4 is 10.6 Å². The SMILES string of the molecule is CN(c1nccnc1C(N)=O)C(C)(C)C(=O)O. The summed E-state index contributed by atoms with van der Waals surface area (Å²) >= 11 is 0. The lowest BCUT2D eigenvalue weighted by Crippen LogP contribution is -2.49. The molecule has 0 fully saturated rings. The molecule has 1 amide bonds. The number of hydrogen-bond acceptors (Lipinski definition) is 5. The molecule has 0 spiro atoms. The molecular formula is C10H14N4O3. The minimum absolute atomic E-state index is 0.0516. The second kappa shape index (κ2) is 4.36. The molecule has 1 aromatic rings. The van der Waals surface area contributed by atoms with Crippen LogP contribution in [-0.2, 0) is 4.79 Å². The normalized spacial score (nSPS) is 11.0. The van der Waals surface area contributed by atoms with Crippen molar-refractivity contribution in [2.75, 3.05) is 11.9 Å². The van der Waals surface area contributed by atoms with Crippen LogP contribution in [0.1, 0.15) is 24.3 Å². The maximum Gasteiger partial charge on any atom is 0.328 e. The largest absolute Gasteiger partial charge is 0.480 e. The van der Waals surface area contributed by atoms with Gasteiger partial charge in [0.1, 0.15) is 5.54 Å². The first-order valence-electron chi connectivity index (χ1n) is 4.86. The van der Waals surface area contributed by atoms with Gasteiger partial charge in [-0.25, -0.2) is 14.8 Å². The van der Waals surface area contributed by atoms with E-state index in [2.05, 4.69) is 9.97 Å². The maximum absolute atomic E-state index is 11.2. The van der Waals surface area contributed by atoms with Crippen molar-refractivity contribution in [3.63, 3.8) is 0 Å². The van der Waals surface area contributed by atoms with Crippen LogP contribution in [-0.4, -0.2) is 39.5 Å². The highest BCUT2D eigenvalue weighted by Crippen LogP contribution is 2.22. The molecule has 0 unspecified atom stereocenters. The number of carboxylic acid groups (broad SMARTS) is 1. The first-order chi connectivity index (χ1) is 7.78. The zero-order chi connectivity index (χ0) is 13.2. The topological polar surface area (TPSA) is 109 Å². The van der Waals surface area contributed by atoms with Gasteiger partial charge in [0.05, 0.1) is 0 Å². The summed E-state index contributed by atoms with van der Waals surface area (Å²) in [6, 6.07) is 0. The van der Waals surface area contributed by atoms with E-state index in [4.69, 9.17) is 10.8 Å². The second-order valence-electron chi connectivity index (χ2n) is 4.02. The van der Waals surface area contributed by atoms with Crippen molar-refractivity contribution in [3.05, 3.63) is 18.1 Å². The van der Waals surface area contributed by atoms with E-state index in [1.807, 2.05) is 0 Å². The first kappa shape index (κ1) is 12.9. The Morgan fingerprint density at radius 2 is 1.88 bits per heavy atom. The summed E-state index contributed by atoms with van der Waals surface area (Å²) in [5.41, 5.74) is 3.88. The van der Waals surface area contributed by atoms with Crippen molar-refractivity contribution in [2.24, 2.45) is 5.73 Å². The molecule has 7 heteroatoms. The van der Waals surface area contributed by atoms with Crippen molar-refractivity contribution in [2.45, 2.75) is 19.4 Å². The molecule has 0 saturated heterocycles. The van der Waals surface area contributed by atoms with Gasteiger partial charge < -0.3 is 15.7 Å². The molecule has 0 atom stereocenters. The van der Waals surface area contributed by atoms with Gasteiger partial charge in [0, 0.05) is 19.4 Å². The fraction of sp³-hybridized carbons (Fsp3) is 0.400. The molecular weight excluding hydrogens is 224 g/mol. The minimum Gasteiger partial charge on any atom is -0.480 e. The Bertz CT molecular complexity index is 459. The lowest BCUT2D eigenvalue weighted by Gasteiger charge is -2.32. The van der Waals surface area contributed by atoms with Gasteiger partial charge in [-0.2, -0.15) is 0 Å². The van der Waals surface area contributed by atoms with E-state index >= 15 is 0 Å². The third kappa shape index (κ3) is 2.32. The maximum atomic E-state index is 11.2. The van der Waals surface area contributed by atoms with Crippen LogP contribution in [0.3, 0.4) is 0 Å². The number of carboxylic acids is 1. The van der Waals surface area contributed by atoms with Crippen LogP contribution in [0, 0.1) is 0 Å². The highest BCUT2D eigenvalue weighted by molar-refractivity contribution is 5.96. The zero-order valence-corrected chi connectivity index (χ0v) is 9.84. The minimum atomic E-state index is -1.22. The lowest BCUT2D eigenvalue weighted by atomic mass is 10.0. The molecule has 1 rings (SSSR count). The van der Waals surface area contributed by atoms with Crippen molar-refractivity contribution < 1.29 is 14.7 Å². The van der Waals surface area contributed by atoms with Gasteiger partial charge in [0.2, 0.25) is 0 Å². The van der Waals surface area contributed by atoms with Crippen molar-refractivity contribution in [1.82, 2.24) is 9.97 Å². The van der Waals surface area contributed by atoms with Gasteiger partial charge >= 0.3 is 5.97 Å². The van der Waals surface area contributed by atoms with E-state index in [1.165, 1.54) is 38.2 Å². The van der Waals surface area contributed by atoms with Crippen molar-refractivity contribution in [1.29, 1.82) is 0 Å². The van der Waals surface area contributed by atoms with Crippen LogP contribution in [0.25, 0.3) is 0 Å². The second-order valence-corrected chi connectivity index (χ2v) is 4.02. The Labute approximate surface area is 98.3 Å². The predicted octanol–water partition coefficient (Wildman–Crippen LogP) is -0.125. The van der Waals surface area contributed by atoms with E-state index in [1.54, 1.807) is 0 Å². The summed E-state index contributed by atoms with van der Waals surface area (Å²) in [7, 11) is 1.52. The highest BCUT2D eigenvalue weighted by atomic mass is 16.4. The Hall–Kier alpha value is -2.18. The molecule has 92 valence electrons. The van der Waals surface area contributed by atoms with Gasteiger partial charge in [-0.3, -0.25) is 4.79 Å². The van der Waals surface area contributed by atoms with Crippen LogP contribution >= 0.6 is 0 Å². The Morgan fingerprint density at radius 3 is 2.35 bits per heavy atom. The molecule has 0 aliphatic heterocycles. The molecule has 0 saturated carbocycles. The van der Waals surface area contributed by atoms with E-state index in [-0.39, 0.29) is 11.5 Å². The number of anilines is 1. The average Bonchev–Trinajstić information content (AvgIpc) is 2.27. The number of aliphatic carboxylic acids is 1. The van der Waals surface area contributed by atoms with Crippen molar-refractivity contribution in [3.8, 4) is 0 Å². The number of carbonyl (C=O) groups is 2. The summed E-state index contributed by atoms with van der Waals surface area (Å²) in [4.78, 5) is 31.4. The summed E-state index contributed by atoms with van der Waals surface area (Å²) in [6.45, 7) is 2.99. The zero-order valence-electron chi connectivity index (χ0n) is 9.84. The molecule has 1 heterocycles. The summed E-state index contributed by atoms with van der Waals surface area (Å²) < 4.78 is 0. The molecule has 7 nitrogen and oxygen atoms in total. The van der Waals surface area contributed by atoms with E-state index < -0.39 is 17.4 Å². The molecule has 0 aromatic carbocycles. The van der Waals surface area contributed by atoms with Gasteiger partial charge in [0.25, 0.3) is 5.91 Å². The number of primary amides is 1.